The molecule has 0 aromatic rings. The summed E-state index contributed by atoms with van der Waals surface area (Å²) in [4.78, 5) is 24.2. The Morgan fingerprint density at radius 3 is 2.62 bits per heavy atom. The van der Waals surface area contributed by atoms with E-state index >= 15 is 0 Å². The molecule has 1 saturated heterocycles. The van der Waals surface area contributed by atoms with E-state index in [-0.39, 0.29) is 5.70 Å². The predicted molar refractivity (Wildman–Crippen MR) is 52.6 cm³/mol. The summed E-state index contributed by atoms with van der Waals surface area (Å²) in [6, 6.07) is -0.946. The van der Waals surface area contributed by atoms with Gasteiger partial charge in [0, 0.05) is 0 Å². The number of carbonyl (C=O) groups excluding carboxylic acids is 1. The third-order valence-corrected chi connectivity index (χ3v) is 3.19. The Morgan fingerprint density at radius 1 is 1.56 bits per heavy atom. The number of aliphatic carboxylic acids is 1. The number of fused-ring (bicyclic) bond motifs is 1. The van der Waals surface area contributed by atoms with Crippen LogP contribution in [-0.2, 0) is 14.3 Å². The van der Waals surface area contributed by atoms with E-state index in [1.165, 1.54) is 18.7 Å². The molecule has 2 N–H and O–H groups in total. The lowest BCUT2D eigenvalue weighted by Crippen LogP contribution is -2.48. The number of ketones is 1. The molecule has 0 aromatic carbocycles. The van der Waals surface area contributed by atoms with Gasteiger partial charge in [-0.25, -0.2) is 4.79 Å². The molecule has 88 valence electrons. The number of Topliss-reactive ketones (excluding diaryl/α,β-unsaturated/α-hetero) is 1. The van der Waals surface area contributed by atoms with Gasteiger partial charge in [-0.15, -0.1) is 0 Å². The number of aliphatic hydroxyl groups is 1. The van der Waals surface area contributed by atoms with Crippen molar-refractivity contribution in [3.05, 3.63) is 11.5 Å². The van der Waals surface area contributed by atoms with Crippen molar-refractivity contribution in [1.29, 1.82) is 0 Å². The monoisotopic (exact) mass is 227 g/mol. The van der Waals surface area contributed by atoms with Crippen molar-refractivity contribution >= 4 is 11.8 Å². The Morgan fingerprint density at radius 2 is 2.12 bits per heavy atom. The average molecular weight is 227 g/mol. The molecular formula is C10H13NO5. The van der Waals surface area contributed by atoms with Crippen LogP contribution in [0.4, 0.5) is 0 Å². The molecule has 6 nitrogen and oxygen atoms in total. The van der Waals surface area contributed by atoms with Gasteiger partial charge in [0.05, 0.1) is 11.8 Å². The van der Waals surface area contributed by atoms with E-state index in [1.807, 2.05) is 0 Å². The summed E-state index contributed by atoms with van der Waals surface area (Å²) in [5, 5.41) is 18.6. The standard InChI is InChI=1S/C10H13NO5/c1-4-7(12)8(13)10(3)11(4)6(9(14)15)5(2)16-10/h5-6,12H,1-3H3,(H,14,15)/t5-,6+,10+/m1/s1. The van der Waals surface area contributed by atoms with E-state index in [4.69, 9.17) is 9.84 Å². The SMILES string of the molecule is CC1=C(O)C(=O)[C@]2(C)O[C@H](C)[C@@H](C(=O)O)N12. The van der Waals surface area contributed by atoms with E-state index < -0.39 is 35.4 Å². The fourth-order valence-corrected chi connectivity index (χ4v) is 2.46. The molecule has 6 heteroatoms. The Hall–Kier alpha value is -1.56. The molecule has 2 heterocycles. The zero-order chi connectivity index (χ0) is 12.2. The van der Waals surface area contributed by atoms with E-state index in [2.05, 4.69) is 0 Å². The third-order valence-electron chi connectivity index (χ3n) is 3.19. The number of aliphatic hydroxyl groups excluding tert-OH is 1. The highest BCUT2D eigenvalue weighted by Gasteiger charge is 2.61. The van der Waals surface area contributed by atoms with Crippen LogP contribution in [0.2, 0.25) is 0 Å². The molecule has 0 bridgehead atoms. The number of hydrogen-bond donors (Lipinski definition) is 2. The normalized spacial score (nSPS) is 38.2. The number of carbonyl (C=O) groups is 2. The third kappa shape index (κ3) is 1.05. The van der Waals surface area contributed by atoms with E-state index in [9.17, 15) is 14.7 Å². The number of carboxylic acids is 1. The highest BCUT2D eigenvalue weighted by atomic mass is 16.6. The van der Waals surface area contributed by atoms with Gasteiger partial charge in [-0.2, -0.15) is 0 Å². The molecule has 0 spiro atoms. The molecule has 16 heavy (non-hydrogen) atoms. The minimum Gasteiger partial charge on any atom is -0.503 e. The van der Waals surface area contributed by atoms with Crippen molar-refractivity contribution in [1.82, 2.24) is 4.90 Å². The Kier molecular flexibility index (Phi) is 2.03. The summed E-state index contributed by atoms with van der Waals surface area (Å²) in [5.74, 6) is -2.07. The number of hydrogen-bond acceptors (Lipinski definition) is 5. The van der Waals surface area contributed by atoms with Crippen molar-refractivity contribution in [2.75, 3.05) is 0 Å². The molecule has 2 aliphatic heterocycles. The molecule has 2 rings (SSSR count). The molecule has 3 atom stereocenters. The smallest absolute Gasteiger partial charge is 0.329 e. The van der Waals surface area contributed by atoms with Crippen LogP contribution in [0, 0.1) is 0 Å². The molecule has 0 aliphatic carbocycles. The van der Waals surface area contributed by atoms with Gasteiger partial charge in [-0.05, 0) is 20.8 Å². The number of nitrogens with zero attached hydrogens (tertiary/aromatic N) is 1. The second-order valence-corrected chi connectivity index (χ2v) is 4.22. The van der Waals surface area contributed by atoms with Gasteiger partial charge in [0.2, 0.25) is 5.72 Å². The van der Waals surface area contributed by atoms with Gasteiger partial charge in [-0.3, -0.25) is 4.79 Å². The second-order valence-electron chi connectivity index (χ2n) is 4.22. The van der Waals surface area contributed by atoms with Crippen molar-refractivity contribution in [2.24, 2.45) is 0 Å². The summed E-state index contributed by atoms with van der Waals surface area (Å²) in [6.07, 6.45) is -0.602. The Bertz CT molecular complexity index is 415. The highest BCUT2D eigenvalue weighted by molar-refractivity contribution is 6.03. The minimum absolute atomic E-state index is 0.254. The lowest BCUT2D eigenvalue weighted by molar-refractivity contribution is -0.146. The molecule has 0 saturated carbocycles. The van der Waals surface area contributed by atoms with Gasteiger partial charge in [0.15, 0.2) is 11.8 Å². The number of carboxylic acid groups (broad SMARTS) is 1. The molecule has 0 radical (unpaired) electrons. The summed E-state index contributed by atoms with van der Waals surface area (Å²) < 4.78 is 5.39. The number of rotatable bonds is 1. The molecule has 1 fully saturated rings. The Labute approximate surface area is 92.1 Å². The first-order valence-corrected chi connectivity index (χ1v) is 4.95. The summed E-state index contributed by atoms with van der Waals surface area (Å²) in [7, 11) is 0. The first-order chi connectivity index (χ1) is 7.30. The van der Waals surface area contributed by atoms with Gasteiger partial charge < -0.3 is 19.8 Å². The summed E-state index contributed by atoms with van der Waals surface area (Å²) in [5.41, 5.74) is -1.12. The van der Waals surface area contributed by atoms with Gasteiger partial charge >= 0.3 is 5.97 Å². The van der Waals surface area contributed by atoms with Crippen molar-refractivity contribution in [3.8, 4) is 0 Å². The quantitative estimate of drug-likeness (QED) is 0.667. The van der Waals surface area contributed by atoms with Crippen LogP contribution >= 0.6 is 0 Å². The fourth-order valence-electron chi connectivity index (χ4n) is 2.46. The summed E-state index contributed by atoms with van der Waals surface area (Å²) in [6.45, 7) is 4.58. The summed E-state index contributed by atoms with van der Waals surface area (Å²) >= 11 is 0. The van der Waals surface area contributed by atoms with Crippen molar-refractivity contribution in [3.63, 3.8) is 0 Å². The molecule has 0 aromatic heterocycles. The number of ether oxygens (including phenoxy) is 1. The lowest BCUT2D eigenvalue weighted by atomic mass is 10.1. The zero-order valence-corrected chi connectivity index (χ0v) is 9.22. The van der Waals surface area contributed by atoms with Crippen LogP contribution in [0.5, 0.6) is 0 Å². The van der Waals surface area contributed by atoms with Gasteiger partial charge in [0.1, 0.15) is 0 Å². The number of allylic oxidation sites excluding steroid dienone is 1. The molecule has 2 aliphatic rings. The van der Waals surface area contributed by atoms with Crippen molar-refractivity contribution < 1.29 is 24.5 Å². The largest absolute Gasteiger partial charge is 0.503 e. The van der Waals surface area contributed by atoms with Crippen LogP contribution in [0.15, 0.2) is 11.5 Å². The van der Waals surface area contributed by atoms with Crippen LogP contribution in [0.3, 0.4) is 0 Å². The van der Waals surface area contributed by atoms with Crippen LogP contribution < -0.4 is 0 Å². The Balaban J connectivity index is 2.52. The highest BCUT2D eigenvalue weighted by Crippen LogP contribution is 2.43. The fraction of sp³-hybridized carbons (Fsp3) is 0.600. The lowest BCUT2D eigenvalue weighted by Gasteiger charge is -2.29. The van der Waals surface area contributed by atoms with E-state index in [1.54, 1.807) is 6.92 Å². The second kappa shape index (κ2) is 2.98. The maximum atomic E-state index is 11.8. The molecule has 0 amide bonds. The average Bonchev–Trinajstić information content (AvgIpc) is 2.54. The van der Waals surface area contributed by atoms with E-state index in [0.29, 0.717) is 0 Å². The topological polar surface area (TPSA) is 87.1 Å². The maximum Gasteiger partial charge on any atom is 0.329 e. The molecule has 0 unspecified atom stereocenters. The van der Waals surface area contributed by atoms with E-state index in [0.717, 1.165) is 0 Å². The van der Waals surface area contributed by atoms with Crippen LogP contribution in [-0.4, -0.2) is 44.7 Å². The van der Waals surface area contributed by atoms with Crippen LogP contribution in [0.25, 0.3) is 0 Å². The van der Waals surface area contributed by atoms with Gasteiger partial charge in [0.25, 0.3) is 5.78 Å². The van der Waals surface area contributed by atoms with Crippen molar-refractivity contribution in [2.45, 2.75) is 38.6 Å². The maximum absolute atomic E-state index is 11.8. The first kappa shape index (κ1) is 10.9. The van der Waals surface area contributed by atoms with Gasteiger partial charge in [-0.1, -0.05) is 0 Å². The molecular weight excluding hydrogens is 214 g/mol. The zero-order valence-electron chi connectivity index (χ0n) is 9.22. The minimum atomic E-state index is -1.38. The van der Waals surface area contributed by atoms with Crippen LogP contribution in [0.1, 0.15) is 20.8 Å². The predicted octanol–water partition coefficient (Wildman–Crippen LogP) is 0.249. The first-order valence-electron chi connectivity index (χ1n) is 4.95.